The molecule has 0 aliphatic rings. The lowest BCUT2D eigenvalue weighted by Gasteiger charge is -2.11. The number of halogens is 2. The first kappa shape index (κ1) is 28.3. The molecule has 11 heteroatoms. The van der Waals surface area contributed by atoms with E-state index >= 15 is 0 Å². The molecule has 2 aromatic carbocycles. The molecule has 0 aliphatic carbocycles. The number of carbonyl (C=O) groups is 3. The molecule has 2 amide bonds. The number of amides is 2. The molecule has 0 aliphatic heterocycles. The van der Waals surface area contributed by atoms with E-state index in [1.54, 1.807) is 49.4 Å². The number of ether oxygens (including phenoxy) is 3. The van der Waals surface area contributed by atoms with Crippen molar-refractivity contribution >= 4 is 63.0 Å². The van der Waals surface area contributed by atoms with Gasteiger partial charge in [-0.05, 0) is 56.2 Å². The Kier molecular flexibility index (Phi) is 10.2. The van der Waals surface area contributed by atoms with E-state index in [0.717, 1.165) is 11.3 Å². The van der Waals surface area contributed by atoms with Gasteiger partial charge < -0.3 is 24.8 Å². The number of hydrogen-bond donors (Lipinski definition) is 2. The van der Waals surface area contributed by atoms with E-state index in [2.05, 4.69) is 10.6 Å². The van der Waals surface area contributed by atoms with Gasteiger partial charge in [-0.1, -0.05) is 35.3 Å². The lowest BCUT2D eigenvalue weighted by atomic mass is 10.1. The van der Waals surface area contributed by atoms with Gasteiger partial charge in [0.2, 0.25) is 5.91 Å². The Hall–Kier alpha value is -3.27. The third kappa shape index (κ3) is 7.38. The Bertz CT molecular complexity index is 1290. The SMILES string of the molecule is CCOc1ccccc1NC(=O)c1sc(NC(=O)CCCOc2ccc(Cl)cc2Cl)c(C(=O)OC)c1C. The van der Waals surface area contributed by atoms with E-state index in [1.165, 1.54) is 7.11 Å². The summed E-state index contributed by atoms with van der Waals surface area (Å²) in [6.07, 6.45) is 0.510. The van der Waals surface area contributed by atoms with Gasteiger partial charge in [-0.3, -0.25) is 9.59 Å². The minimum Gasteiger partial charge on any atom is -0.492 e. The zero-order valence-electron chi connectivity index (χ0n) is 20.5. The largest absolute Gasteiger partial charge is 0.492 e. The first-order valence-corrected chi connectivity index (χ1v) is 12.9. The van der Waals surface area contributed by atoms with Gasteiger partial charge in [0.05, 0.1) is 41.5 Å². The van der Waals surface area contributed by atoms with E-state index < -0.39 is 11.9 Å². The van der Waals surface area contributed by atoms with Crippen LogP contribution in [-0.2, 0) is 9.53 Å². The fourth-order valence-corrected chi connectivity index (χ4v) is 4.96. The number of carbonyl (C=O) groups excluding carboxylic acids is 3. The Morgan fingerprint density at radius 1 is 1.00 bits per heavy atom. The second-order valence-corrected chi connectivity index (χ2v) is 9.57. The molecule has 0 spiro atoms. The average Bonchev–Trinajstić information content (AvgIpc) is 3.19. The van der Waals surface area contributed by atoms with Crippen molar-refractivity contribution in [3.63, 3.8) is 0 Å². The van der Waals surface area contributed by atoms with Crippen molar-refractivity contribution in [2.24, 2.45) is 0 Å². The number of methoxy groups -OCH3 is 1. The van der Waals surface area contributed by atoms with Crippen LogP contribution in [0.1, 0.15) is 45.4 Å². The lowest BCUT2D eigenvalue weighted by molar-refractivity contribution is -0.116. The molecule has 0 radical (unpaired) electrons. The fraction of sp³-hybridized carbons (Fsp3) is 0.269. The summed E-state index contributed by atoms with van der Waals surface area (Å²) in [5, 5.41) is 6.65. The summed E-state index contributed by atoms with van der Waals surface area (Å²) in [5.41, 5.74) is 1.03. The maximum atomic E-state index is 13.1. The number of benzene rings is 2. The van der Waals surface area contributed by atoms with E-state index in [-0.39, 0.29) is 34.4 Å². The highest BCUT2D eigenvalue weighted by atomic mass is 35.5. The van der Waals surface area contributed by atoms with Gasteiger partial charge in [0.15, 0.2) is 0 Å². The second kappa shape index (κ2) is 13.3. The lowest BCUT2D eigenvalue weighted by Crippen LogP contribution is -2.15. The van der Waals surface area contributed by atoms with Crippen LogP contribution in [0.3, 0.4) is 0 Å². The number of esters is 1. The molecule has 0 saturated heterocycles. The third-order valence-corrected chi connectivity index (χ3v) is 6.87. The van der Waals surface area contributed by atoms with Crippen LogP contribution < -0.4 is 20.1 Å². The molecule has 1 heterocycles. The molecule has 2 N–H and O–H groups in total. The molecule has 3 rings (SSSR count). The molecule has 0 atom stereocenters. The molecule has 0 unspecified atom stereocenters. The molecule has 0 bridgehead atoms. The second-order valence-electron chi connectivity index (χ2n) is 7.71. The van der Waals surface area contributed by atoms with Gasteiger partial charge in [0.1, 0.15) is 16.5 Å². The predicted octanol–water partition coefficient (Wildman–Crippen LogP) is 6.60. The van der Waals surface area contributed by atoms with Crippen LogP contribution in [0.15, 0.2) is 42.5 Å². The molecule has 37 heavy (non-hydrogen) atoms. The van der Waals surface area contributed by atoms with Crippen LogP contribution >= 0.6 is 34.5 Å². The highest BCUT2D eigenvalue weighted by Crippen LogP contribution is 2.35. The van der Waals surface area contributed by atoms with Crippen molar-refractivity contribution in [3.05, 3.63) is 68.5 Å². The van der Waals surface area contributed by atoms with Gasteiger partial charge in [-0.15, -0.1) is 11.3 Å². The standard InChI is InChI=1S/C26H26Cl2N2O6S/c1-4-35-20-9-6-5-8-18(20)29-24(32)23-15(2)22(26(33)34-3)25(37-23)30-21(31)10-7-13-36-19-12-11-16(27)14-17(19)28/h5-6,8-9,11-12,14H,4,7,10,13H2,1-3H3,(H,29,32)(H,30,31). The Morgan fingerprint density at radius 3 is 2.46 bits per heavy atom. The number of thiophene rings is 1. The summed E-state index contributed by atoms with van der Waals surface area (Å²) < 4.78 is 16.1. The normalized spacial score (nSPS) is 10.5. The maximum Gasteiger partial charge on any atom is 0.341 e. The molecule has 0 saturated carbocycles. The Labute approximate surface area is 228 Å². The third-order valence-electron chi connectivity index (χ3n) is 5.13. The van der Waals surface area contributed by atoms with E-state index in [9.17, 15) is 14.4 Å². The number of anilines is 2. The van der Waals surface area contributed by atoms with Gasteiger partial charge in [-0.2, -0.15) is 0 Å². The molecule has 1 aromatic heterocycles. The number of nitrogens with one attached hydrogen (secondary N) is 2. The van der Waals surface area contributed by atoms with Crippen molar-refractivity contribution in [2.75, 3.05) is 31.0 Å². The summed E-state index contributed by atoms with van der Waals surface area (Å²) >= 11 is 13.0. The zero-order chi connectivity index (χ0) is 26.9. The van der Waals surface area contributed by atoms with Crippen LogP contribution in [0, 0.1) is 6.92 Å². The van der Waals surface area contributed by atoms with Crippen LogP contribution in [-0.4, -0.2) is 38.1 Å². The van der Waals surface area contributed by atoms with Gasteiger partial charge in [-0.25, -0.2) is 4.79 Å². The Balaban J connectivity index is 1.69. The summed E-state index contributed by atoms with van der Waals surface area (Å²) in [5.74, 6) is -0.441. The van der Waals surface area contributed by atoms with E-state index in [4.69, 9.17) is 37.4 Å². The highest BCUT2D eigenvalue weighted by molar-refractivity contribution is 7.19. The fourth-order valence-electron chi connectivity index (χ4n) is 3.39. The van der Waals surface area contributed by atoms with Gasteiger partial charge in [0, 0.05) is 11.4 Å². The van der Waals surface area contributed by atoms with Crippen molar-refractivity contribution in [1.29, 1.82) is 0 Å². The molecule has 3 aromatic rings. The molecule has 8 nitrogen and oxygen atoms in total. The molecular formula is C26H26Cl2N2O6S. The maximum absolute atomic E-state index is 13.1. The van der Waals surface area contributed by atoms with Crippen molar-refractivity contribution in [3.8, 4) is 11.5 Å². The number of hydrogen-bond acceptors (Lipinski definition) is 7. The minimum absolute atomic E-state index is 0.117. The summed E-state index contributed by atoms with van der Waals surface area (Å²) in [7, 11) is 1.24. The van der Waals surface area contributed by atoms with Crippen molar-refractivity contribution in [2.45, 2.75) is 26.7 Å². The Morgan fingerprint density at radius 2 is 1.76 bits per heavy atom. The van der Waals surface area contributed by atoms with Crippen molar-refractivity contribution in [1.82, 2.24) is 0 Å². The molecular weight excluding hydrogens is 539 g/mol. The predicted molar refractivity (Wildman–Crippen MR) is 146 cm³/mol. The first-order valence-electron chi connectivity index (χ1n) is 11.4. The highest BCUT2D eigenvalue weighted by Gasteiger charge is 2.26. The van der Waals surface area contributed by atoms with Crippen LogP contribution in [0.4, 0.5) is 10.7 Å². The average molecular weight is 565 g/mol. The minimum atomic E-state index is -0.654. The van der Waals surface area contributed by atoms with E-state index in [0.29, 0.717) is 45.8 Å². The monoisotopic (exact) mass is 564 g/mol. The van der Waals surface area contributed by atoms with Crippen molar-refractivity contribution < 1.29 is 28.6 Å². The molecule has 196 valence electrons. The van der Waals surface area contributed by atoms with Crippen LogP contribution in [0.5, 0.6) is 11.5 Å². The first-order chi connectivity index (χ1) is 17.7. The summed E-state index contributed by atoms with van der Waals surface area (Å²) in [6.45, 7) is 4.16. The number of para-hydroxylation sites is 2. The van der Waals surface area contributed by atoms with Crippen LogP contribution in [0.25, 0.3) is 0 Å². The zero-order valence-corrected chi connectivity index (χ0v) is 22.8. The quantitative estimate of drug-likeness (QED) is 0.201. The topological polar surface area (TPSA) is 103 Å². The molecule has 0 fully saturated rings. The van der Waals surface area contributed by atoms with E-state index in [1.807, 2.05) is 6.92 Å². The number of rotatable bonds is 11. The summed E-state index contributed by atoms with van der Waals surface area (Å²) in [6, 6.07) is 11.9. The van der Waals surface area contributed by atoms with Gasteiger partial charge in [0.25, 0.3) is 5.91 Å². The van der Waals surface area contributed by atoms with Gasteiger partial charge >= 0.3 is 5.97 Å². The summed E-state index contributed by atoms with van der Waals surface area (Å²) in [4.78, 5) is 38.5. The smallest absolute Gasteiger partial charge is 0.341 e. The van der Waals surface area contributed by atoms with Crippen LogP contribution in [0.2, 0.25) is 10.0 Å².